The molecule has 0 spiro atoms. The maximum atomic E-state index is 12.2. The Bertz CT molecular complexity index is 714. The van der Waals surface area contributed by atoms with E-state index >= 15 is 0 Å². The van der Waals surface area contributed by atoms with Crippen molar-refractivity contribution in [2.24, 2.45) is 0 Å². The molecule has 0 fully saturated rings. The zero-order valence-corrected chi connectivity index (χ0v) is 14.3. The van der Waals surface area contributed by atoms with Gasteiger partial charge in [-0.3, -0.25) is 4.79 Å². The summed E-state index contributed by atoms with van der Waals surface area (Å²) in [5.74, 6) is 1.02. The highest BCUT2D eigenvalue weighted by Crippen LogP contribution is 2.19. The van der Waals surface area contributed by atoms with E-state index in [2.05, 4.69) is 16.0 Å². The molecule has 0 aromatic heterocycles. The van der Waals surface area contributed by atoms with E-state index in [1.165, 1.54) is 7.05 Å². The molecule has 0 aliphatic heterocycles. The molecular formula is C18H21N3O4. The smallest absolute Gasteiger partial charge is 0.318 e. The van der Waals surface area contributed by atoms with Crippen LogP contribution < -0.4 is 25.4 Å². The predicted octanol–water partition coefficient (Wildman–Crippen LogP) is 2.85. The van der Waals surface area contributed by atoms with Crippen molar-refractivity contribution >= 4 is 23.3 Å². The second-order valence-corrected chi connectivity index (χ2v) is 5.21. The maximum absolute atomic E-state index is 12.2. The summed E-state index contributed by atoms with van der Waals surface area (Å²) in [6.45, 7) is 1.67. The third-order valence-electron chi connectivity index (χ3n) is 3.38. The van der Waals surface area contributed by atoms with Crippen LogP contribution in [0.25, 0.3) is 0 Å². The van der Waals surface area contributed by atoms with Gasteiger partial charge in [0, 0.05) is 18.4 Å². The molecule has 0 aliphatic rings. The molecule has 0 radical (unpaired) electrons. The fraction of sp³-hybridized carbons (Fsp3) is 0.222. The standard InChI is InChI=1S/C18H21N3O4/c1-12(25-16-10-8-15(24-3)9-11-16)17(22)20-13-4-6-14(7-5-13)21-18(23)19-2/h4-12H,1-3H3,(H,20,22)(H2,19,21,23). The molecule has 2 rings (SSSR count). The highest BCUT2D eigenvalue weighted by molar-refractivity contribution is 5.94. The van der Waals surface area contributed by atoms with Crippen LogP contribution in [0.4, 0.5) is 16.2 Å². The molecule has 132 valence electrons. The fourth-order valence-electron chi connectivity index (χ4n) is 1.99. The Kier molecular flexibility index (Phi) is 6.22. The van der Waals surface area contributed by atoms with Gasteiger partial charge in [-0.25, -0.2) is 4.79 Å². The summed E-state index contributed by atoms with van der Waals surface area (Å²) in [6.07, 6.45) is -0.669. The van der Waals surface area contributed by atoms with E-state index in [9.17, 15) is 9.59 Å². The molecule has 3 amide bonds. The van der Waals surface area contributed by atoms with Crippen LogP contribution in [0.2, 0.25) is 0 Å². The maximum Gasteiger partial charge on any atom is 0.318 e. The predicted molar refractivity (Wildman–Crippen MR) is 96.2 cm³/mol. The monoisotopic (exact) mass is 343 g/mol. The third-order valence-corrected chi connectivity index (χ3v) is 3.38. The van der Waals surface area contributed by atoms with Crippen LogP contribution in [0, 0.1) is 0 Å². The first kappa shape index (κ1) is 18.1. The number of urea groups is 1. The van der Waals surface area contributed by atoms with E-state index in [0.717, 1.165) is 5.75 Å². The summed E-state index contributed by atoms with van der Waals surface area (Å²) in [4.78, 5) is 23.4. The van der Waals surface area contributed by atoms with Gasteiger partial charge in [0.25, 0.3) is 5.91 Å². The molecule has 7 heteroatoms. The van der Waals surface area contributed by atoms with Crippen molar-refractivity contribution in [3.8, 4) is 11.5 Å². The van der Waals surface area contributed by atoms with E-state index in [-0.39, 0.29) is 11.9 Å². The summed E-state index contributed by atoms with van der Waals surface area (Å²) in [5.41, 5.74) is 1.23. The van der Waals surface area contributed by atoms with Gasteiger partial charge < -0.3 is 25.4 Å². The molecule has 0 bridgehead atoms. The minimum absolute atomic E-state index is 0.275. The van der Waals surface area contributed by atoms with Gasteiger partial charge in [0.15, 0.2) is 6.10 Å². The Balaban J connectivity index is 1.90. The Morgan fingerprint density at radius 3 is 1.92 bits per heavy atom. The summed E-state index contributed by atoms with van der Waals surface area (Å²) in [7, 11) is 3.12. The molecule has 0 aliphatic carbocycles. The zero-order valence-electron chi connectivity index (χ0n) is 14.3. The van der Waals surface area contributed by atoms with Gasteiger partial charge >= 0.3 is 6.03 Å². The molecule has 25 heavy (non-hydrogen) atoms. The molecule has 0 saturated heterocycles. The Morgan fingerprint density at radius 2 is 1.40 bits per heavy atom. The molecule has 3 N–H and O–H groups in total. The quantitative estimate of drug-likeness (QED) is 0.752. The van der Waals surface area contributed by atoms with Gasteiger partial charge in [-0.2, -0.15) is 0 Å². The minimum atomic E-state index is -0.669. The van der Waals surface area contributed by atoms with Crippen LogP contribution in [-0.2, 0) is 4.79 Å². The number of carbonyl (C=O) groups excluding carboxylic acids is 2. The minimum Gasteiger partial charge on any atom is -0.497 e. The van der Waals surface area contributed by atoms with Crippen LogP contribution in [0.5, 0.6) is 11.5 Å². The first-order valence-corrected chi connectivity index (χ1v) is 7.72. The van der Waals surface area contributed by atoms with E-state index in [1.807, 2.05) is 0 Å². The lowest BCUT2D eigenvalue weighted by Gasteiger charge is -2.15. The third kappa shape index (κ3) is 5.42. The second kappa shape index (κ2) is 8.58. The van der Waals surface area contributed by atoms with Crippen LogP contribution >= 0.6 is 0 Å². The van der Waals surface area contributed by atoms with Crippen molar-refractivity contribution in [2.45, 2.75) is 13.0 Å². The SMILES string of the molecule is CNC(=O)Nc1ccc(NC(=O)C(C)Oc2ccc(OC)cc2)cc1. The number of amides is 3. The first-order chi connectivity index (χ1) is 12.0. The number of hydrogen-bond acceptors (Lipinski definition) is 4. The van der Waals surface area contributed by atoms with Crippen molar-refractivity contribution in [1.82, 2.24) is 5.32 Å². The second-order valence-electron chi connectivity index (χ2n) is 5.21. The summed E-state index contributed by atoms with van der Waals surface area (Å²) < 4.78 is 10.7. The van der Waals surface area contributed by atoms with E-state index in [0.29, 0.717) is 17.1 Å². The lowest BCUT2D eigenvalue weighted by molar-refractivity contribution is -0.122. The molecule has 0 saturated carbocycles. The highest BCUT2D eigenvalue weighted by Gasteiger charge is 2.15. The lowest BCUT2D eigenvalue weighted by atomic mass is 10.2. The average molecular weight is 343 g/mol. The van der Waals surface area contributed by atoms with E-state index in [1.54, 1.807) is 62.6 Å². The van der Waals surface area contributed by atoms with Gasteiger partial charge in [0.2, 0.25) is 0 Å². The normalized spacial score (nSPS) is 11.2. The van der Waals surface area contributed by atoms with Crippen molar-refractivity contribution in [3.63, 3.8) is 0 Å². The molecule has 2 aromatic rings. The summed E-state index contributed by atoms with van der Waals surface area (Å²) >= 11 is 0. The summed E-state index contributed by atoms with van der Waals surface area (Å²) in [6, 6.07) is 13.5. The van der Waals surface area contributed by atoms with Crippen LogP contribution in [-0.4, -0.2) is 32.2 Å². The number of ether oxygens (including phenoxy) is 2. The largest absolute Gasteiger partial charge is 0.497 e. The number of methoxy groups -OCH3 is 1. The van der Waals surface area contributed by atoms with Gasteiger partial charge in [-0.05, 0) is 55.5 Å². The first-order valence-electron chi connectivity index (χ1n) is 7.72. The Hall–Kier alpha value is -3.22. The van der Waals surface area contributed by atoms with E-state index < -0.39 is 6.10 Å². The number of nitrogens with one attached hydrogen (secondary N) is 3. The number of carbonyl (C=O) groups is 2. The van der Waals surface area contributed by atoms with Crippen LogP contribution in [0.3, 0.4) is 0 Å². The van der Waals surface area contributed by atoms with Crippen molar-refractivity contribution in [1.29, 1.82) is 0 Å². The Labute approximate surface area is 146 Å². The Morgan fingerprint density at radius 1 is 0.880 bits per heavy atom. The molecular weight excluding hydrogens is 322 g/mol. The number of rotatable bonds is 6. The summed E-state index contributed by atoms with van der Waals surface area (Å²) in [5, 5.41) is 7.86. The number of benzene rings is 2. The van der Waals surface area contributed by atoms with Gasteiger partial charge in [0.1, 0.15) is 11.5 Å². The molecule has 7 nitrogen and oxygen atoms in total. The van der Waals surface area contributed by atoms with Crippen LogP contribution in [0.1, 0.15) is 6.92 Å². The van der Waals surface area contributed by atoms with Crippen molar-refractivity contribution in [2.75, 3.05) is 24.8 Å². The lowest BCUT2D eigenvalue weighted by Crippen LogP contribution is -2.30. The van der Waals surface area contributed by atoms with Crippen molar-refractivity contribution < 1.29 is 19.1 Å². The van der Waals surface area contributed by atoms with Gasteiger partial charge in [0.05, 0.1) is 7.11 Å². The average Bonchev–Trinajstić information content (AvgIpc) is 2.63. The van der Waals surface area contributed by atoms with E-state index in [4.69, 9.17) is 9.47 Å². The highest BCUT2D eigenvalue weighted by atomic mass is 16.5. The van der Waals surface area contributed by atoms with Crippen molar-refractivity contribution in [3.05, 3.63) is 48.5 Å². The number of anilines is 2. The molecule has 1 atom stereocenters. The molecule has 1 unspecified atom stereocenters. The topological polar surface area (TPSA) is 88.7 Å². The zero-order chi connectivity index (χ0) is 18.2. The number of hydrogen-bond donors (Lipinski definition) is 3. The van der Waals surface area contributed by atoms with Crippen LogP contribution in [0.15, 0.2) is 48.5 Å². The van der Waals surface area contributed by atoms with Gasteiger partial charge in [-0.1, -0.05) is 0 Å². The van der Waals surface area contributed by atoms with Gasteiger partial charge in [-0.15, -0.1) is 0 Å². The molecule has 2 aromatic carbocycles. The molecule has 0 heterocycles. The fourth-order valence-corrected chi connectivity index (χ4v) is 1.99.